The first-order valence-electron chi connectivity index (χ1n) is 6.17. The molecule has 108 valence electrons. The lowest BCUT2D eigenvalue weighted by Crippen LogP contribution is -2.55. The van der Waals surface area contributed by atoms with E-state index >= 15 is 0 Å². The second-order valence-corrected chi connectivity index (χ2v) is 4.98. The molecule has 7 heteroatoms. The number of hydrogen-bond acceptors (Lipinski definition) is 6. The van der Waals surface area contributed by atoms with Crippen LogP contribution in [0.15, 0.2) is 4.52 Å². The lowest BCUT2D eigenvalue weighted by Gasteiger charge is -2.33. The molecule has 19 heavy (non-hydrogen) atoms. The molecule has 0 aliphatic rings. The number of nitrogens with zero attached hydrogens (tertiary/aromatic N) is 1. The maximum absolute atomic E-state index is 12.1. The zero-order chi connectivity index (χ0) is 14.6. The van der Waals surface area contributed by atoms with Gasteiger partial charge in [0.2, 0.25) is 0 Å². The molecule has 0 aliphatic carbocycles. The van der Waals surface area contributed by atoms with Gasteiger partial charge in [-0.05, 0) is 34.2 Å². The van der Waals surface area contributed by atoms with E-state index in [9.17, 15) is 4.79 Å². The van der Waals surface area contributed by atoms with E-state index < -0.39 is 0 Å². The minimum atomic E-state index is -0.372. The number of nitrogens with one attached hydrogen (secondary N) is 2. The van der Waals surface area contributed by atoms with E-state index in [4.69, 9.17) is 5.26 Å². The molecule has 0 bridgehead atoms. The van der Waals surface area contributed by atoms with Crippen LogP contribution in [0, 0.1) is 6.92 Å². The van der Waals surface area contributed by atoms with E-state index in [1.165, 1.54) is 0 Å². The van der Waals surface area contributed by atoms with Crippen molar-refractivity contribution in [1.82, 2.24) is 15.8 Å². The van der Waals surface area contributed by atoms with Gasteiger partial charge in [-0.1, -0.05) is 12.1 Å². The van der Waals surface area contributed by atoms with Gasteiger partial charge in [0.15, 0.2) is 5.69 Å². The molecule has 1 rings (SSSR count). The summed E-state index contributed by atoms with van der Waals surface area (Å²) in [6, 6.07) is -0.116. The van der Waals surface area contributed by atoms with Gasteiger partial charge in [-0.2, -0.15) is 5.26 Å². The minimum Gasteiger partial charge on any atom is -0.346 e. The van der Waals surface area contributed by atoms with E-state index in [0.29, 0.717) is 5.56 Å². The molecule has 0 aromatic carbocycles. The van der Waals surface area contributed by atoms with E-state index in [0.717, 1.165) is 6.54 Å². The first-order valence-corrected chi connectivity index (χ1v) is 6.17. The Morgan fingerprint density at radius 2 is 2.21 bits per heavy atom. The maximum Gasteiger partial charge on any atom is 0.350 e. The van der Waals surface area contributed by atoms with Gasteiger partial charge in [0.05, 0.1) is 5.56 Å². The highest BCUT2D eigenvalue weighted by atomic mass is 17.1. The van der Waals surface area contributed by atoms with E-state index in [1.807, 2.05) is 27.7 Å². The summed E-state index contributed by atoms with van der Waals surface area (Å²) in [4.78, 5) is 16.0. The first-order chi connectivity index (χ1) is 8.83. The summed E-state index contributed by atoms with van der Waals surface area (Å²) in [5.41, 5.74) is 0.204. The Kier molecular flexibility index (Phi) is 4.90. The minimum absolute atomic E-state index is 0.100. The zero-order valence-electron chi connectivity index (χ0n) is 11.9. The molecule has 1 aromatic heterocycles. The number of carbonyl (C=O) groups excluding carboxylic acids is 1. The van der Waals surface area contributed by atoms with Crippen molar-refractivity contribution in [2.45, 2.75) is 46.2 Å². The summed E-state index contributed by atoms with van der Waals surface area (Å²) in [6.07, 6.45) is 0. The van der Waals surface area contributed by atoms with Gasteiger partial charge in [-0.15, -0.1) is 0 Å². The van der Waals surface area contributed by atoms with Crippen LogP contribution in [0.4, 0.5) is 0 Å². The Hall–Kier alpha value is -1.60. The van der Waals surface area contributed by atoms with Crippen LogP contribution in [0.25, 0.3) is 0 Å². The topological polar surface area (TPSA) is 96.6 Å². The van der Waals surface area contributed by atoms with Crippen LogP contribution in [0.3, 0.4) is 0 Å². The van der Waals surface area contributed by atoms with Gasteiger partial charge >= 0.3 is 5.95 Å². The standard InChI is InChI=1S/C12H21N3O4/c1-6-13-12(4,5)8(3)14-10(16)9-7(2)11(19-17)18-15-9/h8,13,17H,6H2,1-5H3,(H,14,16). The summed E-state index contributed by atoms with van der Waals surface area (Å²) < 4.78 is 4.68. The van der Waals surface area contributed by atoms with Gasteiger partial charge < -0.3 is 15.2 Å². The number of aromatic nitrogens is 1. The van der Waals surface area contributed by atoms with E-state index in [1.54, 1.807) is 6.92 Å². The molecule has 1 amide bonds. The Labute approximate surface area is 112 Å². The molecule has 3 N–H and O–H groups in total. The monoisotopic (exact) mass is 271 g/mol. The van der Waals surface area contributed by atoms with E-state index in [-0.39, 0.29) is 29.1 Å². The van der Waals surface area contributed by atoms with Gasteiger partial charge in [-0.3, -0.25) is 9.68 Å². The maximum atomic E-state index is 12.1. The lowest BCUT2D eigenvalue weighted by atomic mass is 9.96. The summed E-state index contributed by atoms with van der Waals surface area (Å²) in [7, 11) is 0. The highest BCUT2D eigenvalue weighted by Gasteiger charge is 2.28. The highest BCUT2D eigenvalue weighted by Crippen LogP contribution is 2.20. The zero-order valence-corrected chi connectivity index (χ0v) is 11.9. The summed E-state index contributed by atoms with van der Waals surface area (Å²) in [5, 5.41) is 18.2. The van der Waals surface area contributed by atoms with Gasteiger partial charge in [0, 0.05) is 11.6 Å². The smallest absolute Gasteiger partial charge is 0.346 e. The van der Waals surface area contributed by atoms with Crippen molar-refractivity contribution in [1.29, 1.82) is 0 Å². The molecule has 1 aromatic rings. The third kappa shape index (κ3) is 3.45. The summed E-state index contributed by atoms with van der Waals surface area (Å²) >= 11 is 0. The predicted octanol–water partition coefficient (Wildman–Crippen LogP) is 1.34. The fourth-order valence-electron chi connectivity index (χ4n) is 1.67. The summed E-state index contributed by atoms with van der Waals surface area (Å²) in [5.74, 6) is -0.549. The van der Waals surface area contributed by atoms with Crippen LogP contribution in [-0.2, 0) is 0 Å². The molecule has 0 radical (unpaired) electrons. The molecule has 0 saturated carbocycles. The first kappa shape index (κ1) is 15.5. The molecular formula is C12H21N3O4. The number of likely N-dealkylation sites (N-methyl/N-ethyl adjacent to an activating group) is 1. The molecule has 0 aliphatic heterocycles. The lowest BCUT2D eigenvalue weighted by molar-refractivity contribution is -0.158. The number of hydrogen-bond donors (Lipinski definition) is 3. The second kappa shape index (κ2) is 6.03. The van der Waals surface area contributed by atoms with Gasteiger partial charge in [-0.25, -0.2) is 0 Å². The van der Waals surface area contributed by atoms with Gasteiger partial charge in [0.25, 0.3) is 5.91 Å². The molecule has 1 unspecified atom stereocenters. The van der Waals surface area contributed by atoms with Crippen molar-refractivity contribution >= 4 is 5.91 Å². The normalized spacial score (nSPS) is 13.2. The van der Waals surface area contributed by atoms with Crippen molar-refractivity contribution in [3.05, 3.63) is 11.3 Å². The quantitative estimate of drug-likeness (QED) is 0.533. The van der Waals surface area contributed by atoms with Crippen LogP contribution in [-0.4, -0.2) is 34.4 Å². The second-order valence-electron chi connectivity index (χ2n) is 4.98. The van der Waals surface area contributed by atoms with Crippen LogP contribution >= 0.6 is 0 Å². The van der Waals surface area contributed by atoms with Crippen molar-refractivity contribution < 1.29 is 19.5 Å². The Balaban J connectivity index is 2.77. The van der Waals surface area contributed by atoms with Crippen molar-refractivity contribution in [3.8, 4) is 5.95 Å². The van der Waals surface area contributed by atoms with Crippen molar-refractivity contribution in [2.75, 3.05) is 6.54 Å². The largest absolute Gasteiger partial charge is 0.350 e. The third-order valence-electron chi connectivity index (χ3n) is 3.24. The number of rotatable bonds is 6. The molecular weight excluding hydrogens is 250 g/mol. The van der Waals surface area contributed by atoms with Crippen LogP contribution < -0.4 is 15.5 Å². The summed E-state index contributed by atoms with van der Waals surface area (Å²) in [6.45, 7) is 10.3. The molecule has 0 spiro atoms. The van der Waals surface area contributed by atoms with Crippen LogP contribution in [0.2, 0.25) is 0 Å². The molecule has 1 atom stereocenters. The van der Waals surface area contributed by atoms with Crippen molar-refractivity contribution in [3.63, 3.8) is 0 Å². The van der Waals surface area contributed by atoms with E-state index in [2.05, 4.69) is 25.2 Å². The SMILES string of the molecule is CCNC(C)(C)C(C)NC(=O)c1noc(OO)c1C. The fourth-order valence-corrected chi connectivity index (χ4v) is 1.67. The molecule has 1 heterocycles. The molecule has 0 fully saturated rings. The number of carbonyl (C=O) groups is 1. The Morgan fingerprint density at radius 3 is 2.68 bits per heavy atom. The average Bonchev–Trinajstić information content (AvgIpc) is 2.70. The van der Waals surface area contributed by atoms with Crippen molar-refractivity contribution in [2.24, 2.45) is 0 Å². The Bertz CT molecular complexity index is 442. The Morgan fingerprint density at radius 1 is 1.58 bits per heavy atom. The van der Waals surface area contributed by atoms with Gasteiger partial charge in [0.1, 0.15) is 0 Å². The predicted molar refractivity (Wildman–Crippen MR) is 69.2 cm³/mol. The van der Waals surface area contributed by atoms with Crippen LogP contribution in [0.5, 0.6) is 5.95 Å². The fraction of sp³-hybridized carbons (Fsp3) is 0.667. The molecule has 7 nitrogen and oxygen atoms in total. The highest BCUT2D eigenvalue weighted by molar-refractivity contribution is 5.94. The molecule has 0 saturated heterocycles. The third-order valence-corrected chi connectivity index (χ3v) is 3.24. The number of amides is 1. The average molecular weight is 271 g/mol. The van der Waals surface area contributed by atoms with Crippen LogP contribution in [0.1, 0.15) is 43.7 Å².